The van der Waals surface area contributed by atoms with Crippen molar-refractivity contribution in [3.63, 3.8) is 0 Å². The Labute approximate surface area is 118 Å². The highest BCUT2D eigenvalue weighted by molar-refractivity contribution is 6.30. The van der Waals surface area contributed by atoms with Crippen LogP contribution in [0.4, 0.5) is 0 Å². The van der Waals surface area contributed by atoms with Crippen molar-refractivity contribution in [2.45, 2.75) is 26.5 Å². The molecule has 1 aromatic rings. The van der Waals surface area contributed by atoms with Gasteiger partial charge in [-0.05, 0) is 25.1 Å². The molecule has 0 fully saturated rings. The number of nitrogens with zero attached hydrogens (tertiary/aromatic N) is 1. The van der Waals surface area contributed by atoms with E-state index < -0.39 is 0 Å². The van der Waals surface area contributed by atoms with Gasteiger partial charge in [-0.2, -0.15) is 0 Å². The van der Waals surface area contributed by atoms with Gasteiger partial charge in [-0.1, -0.05) is 18.5 Å². The van der Waals surface area contributed by atoms with E-state index in [1.54, 1.807) is 0 Å². The maximum Gasteiger partial charge on any atom is 0.189 e. The minimum atomic E-state index is 0.159. The normalized spacial score (nSPS) is 14.3. The summed E-state index contributed by atoms with van der Waals surface area (Å²) in [4.78, 5) is 2.20. The number of aliphatic hydroxyl groups is 1. The van der Waals surface area contributed by atoms with Crippen LogP contribution in [0.1, 0.15) is 24.5 Å². The third-order valence-electron chi connectivity index (χ3n) is 3.10. The molecule has 1 aliphatic rings. The molecular weight excluding hydrogens is 266 g/mol. The van der Waals surface area contributed by atoms with Crippen LogP contribution in [-0.4, -0.2) is 36.5 Å². The number of aliphatic hydroxyl groups excluding tert-OH is 1. The van der Waals surface area contributed by atoms with Crippen LogP contribution in [0.5, 0.6) is 5.75 Å². The van der Waals surface area contributed by atoms with E-state index in [-0.39, 0.29) is 13.4 Å². The second-order valence-corrected chi connectivity index (χ2v) is 5.10. The highest BCUT2D eigenvalue weighted by Gasteiger charge is 2.18. The summed E-state index contributed by atoms with van der Waals surface area (Å²) < 4.78 is 10.9. The lowest BCUT2D eigenvalue weighted by Crippen LogP contribution is -2.28. The summed E-state index contributed by atoms with van der Waals surface area (Å²) in [6.45, 7) is 5.45. The lowest BCUT2D eigenvalue weighted by molar-refractivity contribution is -0.0175. The quantitative estimate of drug-likeness (QED) is 0.872. The Morgan fingerprint density at radius 2 is 2.21 bits per heavy atom. The Bertz CT molecular complexity index is 419. The van der Waals surface area contributed by atoms with Crippen molar-refractivity contribution in [1.29, 1.82) is 0 Å². The first-order chi connectivity index (χ1) is 9.24. The van der Waals surface area contributed by atoms with Gasteiger partial charge in [-0.15, -0.1) is 0 Å². The summed E-state index contributed by atoms with van der Waals surface area (Å²) in [6.07, 6.45) is 1.05. The van der Waals surface area contributed by atoms with Gasteiger partial charge >= 0.3 is 0 Å². The van der Waals surface area contributed by atoms with Crippen molar-refractivity contribution in [3.8, 4) is 5.75 Å². The SMILES string of the molecule is CCCN(CCO)Cc1cc(Cl)cc2c1OCOC2. The zero-order valence-corrected chi connectivity index (χ0v) is 11.9. The van der Waals surface area contributed by atoms with Crippen LogP contribution in [0, 0.1) is 0 Å². The highest BCUT2D eigenvalue weighted by atomic mass is 35.5. The van der Waals surface area contributed by atoms with Gasteiger partial charge in [-0.3, -0.25) is 4.90 Å². The first-order valence-corrected chi connectivity index (χ1v) is 6.97. The molecule has 5 heteroatoms. The predicted octanol–water partition coefficient (Wildman–Crippen LogP) is 2.41. The Morgan fingerprint density at radius 3 is 2.95 bits per heavy atom. The summed E-state index contributed by atoms with van der Waals surface area (Å²) in [5, 5.41) is 9.81. The standard InChI is InChI=1S/C14H20ClNO3/c1-2-3-16(4-5-17)8-11-6-13(15)7-12-9-18-10-19-14(11)12/h6-7,17H,2-5,8-10H2,1H3. The van der Waals surface area contributed by atoms with E-state index in [0.29, 0.717) is 18.2 Å². The third-order valence-corrected chi connectivity index (χ3v) is 3.32. The van der Waals surface area contributed by atoms with E-state index in [2.05, 4.69) is 11.8 Å². The maximum absolute atomic E-state index is 9.12. The molecular formula is C14H20ClNO3. The zero-order valence-electron chi connectivity index (χ0n) is 11.2. The minimum absolute atomic E-state index is 0.159. The second kappa shape index (κ2) is 7.10. The van der Waals surface area contributed by atoms with Crippen LogP contribution >= 0.6 is 11.6 Å². The van der Waals surface area contributed by atoms with E-state index in [1.807, 2.05) is 12.1 Å². The monoisotopic (exact) mass is 285 g/mol. The van der Waals surface area contributed by atoms with Gasteiger partial charge in [0.15, 0.2) is 6.79 Å². The number of benzene rings is 1. The van der Waals surface area contributed by atoms with Gasteiger partial charge in [0.1, 0.15) is 5.75 Å². The van der Waals surface area contributed by atoms with Crippen molar-refractivity contribution in [2.24, 2.45) is 0 Å². The van der Waals surface area contributed by atoms with E-state index >= 15 is 0 Å². The van der Waals surface area contributed by atoms with E-state index in [9.17, 15) is 0 Å². The number of halogens is 1. The Balaban J connectivity index is 2.20. The molecule has 2 rings (SSSR count). The lowest BCUT2D eigenvalue weighted by Gasteiger charge is -2.25. The molecule has 1 heterocycles. The van der Waals surface area contributed by atoms with Gasteiger partial charge in [0, 0.05) is 29.2 Å². The molecule has 1 aliphatic heterocycles. The lowest BCUT2D eigenvalue weighted by atomic mass is 10.1. The van der Waals surface area contributed by atoms with Crippen LogP contribution in [-0.2, 0) is 17.9 Å². The van der Waals surface area contributed by atoms with Crippen molar-refractivity contribution < 1.29 is 14.6 Å². The Hall–Kier alpha value is -0.810. The molecule has 0 radical (unpaired) electrons. The third kappa shape index (κ3) is 3.83. The first kappa shape index (κ1) is 14.6. The maximum atomic E-state index is 9.12. The Morgan fingerprint density at radius 1 is 1.37 bits per heavy atom. The zero-order chi connectivity index (χ0) is 13.7. The van der Waals surface area contributed by atoms with Gasteiger partial charge in [0.05, 0.1) is 13.2 Å². The van der Waals surface area contributed by atoms with Crippen LogP contribution in [0.15, 0.2) is 12.1 Å². The molecule has 19 heavy (non-hydrogen) atoms. The number of hydrogen-bond acceptors (Lipinski definition) is 4. The largest absolute Gasteiger partial charge is 0.467 e. The topological polar surface area (TPSA) is 41.9 Å². The number of fused-ring (bicyclic) bond motifs is 1. The van der Waals surface area contributed by atoms with Crippen LogP contribution < -0.4 is 4.74 Å². The molecule has 4 nitrogen and oxygen atoms in total. The van der Waals surface area contributed by atoms with Gasteiger partial charge < -0.3 is 14.6 Å². The molecule has 0 saturated heterocycles. The highest BCUT2D eigenvalue weighted by Crippen LogP contribution is 2.32. The average molecular weight is 286 g/mol. The van der Waals surface area contributed by atoms with Crippen LogP contribution in [0.3, 0.4) is 0 Å². The van der Waals surface area contributed by atoms with Crippen molar-refractivity contribution in [1.82, 2.24) is 4.90 Å². The predicted molar refractivity (Wildman–Crippen MR) is 74.4 cm³/mol. The molecule has 0 aliphatic carbocycles. The smallest absolute Gasteiger partial charge is 0.189 e. The summed E-state index contributed by atoms with van der Waals surface area (Å²) in [5.74, 6) is 0.884. The fourth-order valence-corrected chi connectivity index (χ4v) is 2.61. The summed E-state index contributed by atoms with van der Waals surface area (Å²) >= 11 is 6.14. The summed E-state index contributed by atoms with van der Waals surface area (Å²) in [6, 6.07) is 3.82. The van der Waals surface area contributed by atoms with Crippen molar-refractivity contribution >= 4 is 11.6 Å². The molecule has 1 aromatic carbocycles. The summed E-state index contributed by atoms with van der Waals surface area (Å²) in [5.41, 5.74) is 2.06. The number of hydrogen-bond donors (Lipinski definition) is 1. The van der Waals surface area contributed by atoms with Crippen LogP contribution in [0.25, 0.3) is 0 Å². The van der Waals surface area contributed by atoms with Gasteiger partial charge in [-0.25, -0.2) is 0 Å². The van der Waals surface area contributed by atoms with E-state index in [4.69, 9.17) is 26.2 Å². The molecule has 0 amide bonds. The van der Waals surface area contributed by atoms with E-state index in [1.165, 1.54) is 0 Å². The van der Waals surface area contributed by atoms with Crippen molar-refractivity contribution in [2.75, 3.05) is 26.5 Å². The molecule has 106 valence electrons. The fourth-order valence-electron chi connectivity index (χ4n) is 2.34. The summed E-state index contributed by atoms with van der Waals surface area (Å²) in [7, 11) is 0. The molecule has 0 aromatic heterocycles. The van der Waals surface area contributed by atoms with Crippen LogP contribution in [0.2, 0.25) is 5.02 Å². The minimum Gasteiger partial charge on any atom is -0.467 e. The fraction of sp³-hybridized carbons (Fsp3) is 0.571. The number of rotatable bonds is 6. The molecule has 0 unspecified atom stereocenters. The second-order valence-electron chi connectivity index (χ2n) is 4.66. The van der Waals surface area contributed by atoms with Crippen molar-refractivity contribution in [3.05, 3.63) is 28.3 Å². The van der Waals surface area contributed by atoms with Gasteiger partial charge in [0.2, 0.25) is 0 Å². The molecule has 0 spiro atoms. The first-order valence-electron chi connectivity index (χ1n) is 6.59. The molecule has 1 N–H and O–H groups in total. The molecule has 0 saturated carbocycles. The molecule has 0 bridgehead atoms. The molecule has 0 atom stereocenters. The average Bonchev–Trinajstić information content (AvgIpc) is 2.39. The Kier molecular flexibility index (Phi) is 5.45. The van der Waals surface area contributed by atoms with E-state index in [0.717, 1.165) is 36.4 Å². The number of ether oxygens (including phenoxy) is 2. The van der Waals surface area contributed by atoms with Gasteiger partial charge in [0.25, 0.3) is 0 Å².